The molecule has 106 valence electrons. The van der Waals surface area contributed by atoms with Crippen molar-refractivity contribution in [1.29, 1.82) is 0 Å². The van der Waals surface area contributed by atoms with Crippen LogP contribution in [0.1, 0.15) is 39.3 Å². The normalized spacial score (nSPS) is 28.7. The zero-order valence-corrected chi connectivity index (χ0v) is 12.2. The van der Waals surface area contributed by atoms with Crippen LogP contribution in [-0.2, 0) is 5.60 Å². The number of benzene rings is 1. The van der Waals surface area contributed by atoms with E-state index in [1.54, 1.807) is 10.9 Å². The van der Waals surface area contributed by atoms with E-state index < -0.39 is 5.60 Å². The number of hydrogen-bond acceptors (Lipinski definition) is 3. The zero-order chi connectivity index (χ0) is 14.4. The molecule has 1 heterocycles. The minimum absolute atomic E-state index is 0.139. The molecule has 0 amide bonds. The van der Waals surface area contributed by atoms with Crippen molar-refractivity contribution in [3.63, 3.8) is 0 Å². The van der Waals surface area contributed by atoms with Crippen molar-refractivity contribution >= 4 is 0 Å². The summed E-state index contributed by atoms with van der Waals surface area (Å²) in [4.78, 5) is 0. The molecule has 0 bridgehead atoms. The van der Waals surface area contributed by atoms with E-state index in [2.05, 4.69) is 31.1 Å². The van der Waals surface area contributed by atoms with Crippen LogP contribution in [0.25, 0.3) is 5.69 Å². The van der Waals surface area contributed by atoms with Crippen molar-refractivity contribution in [2.45, 2.75) is 39.2 Å². The number of hydrogen-bond donors (Lipinski definition) is 1. The van der Waals surface area contributed by atoms with Gasteiger partial charge >= 0.3 is 0 Å². The molecule has 1 fully saturated rings. The fraction of sp³-hybridized carbons (Fsp3) is 0.500. The van der Waals surface area contributed by atoms with Crippen LogP contribution in [0.2, 0.25) is 0 Å². The molecule has 1 aliphatic carbocycles. The Bertz CT molecular complexity index is 605. The van der Waals surface area contributed by atoms with Crippen LogP contribution in [0.4, 0.5) is 0 Å². The molecule has 1 aromatic heterocycles. The molecule has 2 aromatic rings. The van der Waals surface area contributed by atoms with Gasteiger partial charge in [-0.25, -0.2) is 4.68 Å². The first-order valence-electron chi connectivity index (χ1n) is 7.11. The first kappa shape index (κ1) is 13.3. The Hall–Kier alpha value is -1.68. The quantitative estimate of drug-likeness (QED) is 0.913. The van der Waals surface area contributed by atoms with Gasteiger partial charge in [-0.15, -0.1) is 5.10 Å². The highest BCUT2D eigenvalue weighted by atomic mass is 16.3. The molecule has 20 heavy (non-hydrogen) atoms. The molecule has 4 heteroatoms. The molecule has 1 N–H and O–H groups in total. The summed E-state index contributed by atoms with van der Waals surface area (Å²) in [6, 6.07) is 9.86. The van der Waals surface area contributed by atoms with E-state index in [0.717, 1.165) is 24.2 Å². The van der Waals surface area contributed by atoms with Gasteiger partial charge in [0.25, 0.3) is 0 Å². The van der Waals surface area contributed by atoms with Crippen LogP contribution >= 0.6 is 0 Å². The summed E-state index contributed by atoms with van der Waals surface area (Å²) in [5, 5.41) is 19.4. The average Bonchev–Trinajstić information content (AvgIpc) is 2.94. The molecule has 0 radical (unpaired) electrons. The van der Waals surface area contributed by atoms with Crippen molar-refractivity contribution in [1.82, 2.24) is 15.0 Å². The van der Waals surface area contributed by atoms with Crippen LogP contribution < -0.4 is 0 Å². The van der Waals surface area contributed by atoms with E-state index in [9.17, 15) is 5.11 Å². The topological polar surface area (TPSA) is 50.9 Å². The van der Waals surface area contributed by atoms with Crippen molar-refractivity contribution < 1.29 is 5.11 Å². The lowest BCUT2D eigenvalue weighted by Gasteiger charge is -2.28. The van der Waals surface area contributed by atoms with Gasteiger partial charge in [-0.3, -0.25) is 0 Å². The highest BCUT2D eigenvalue weighted by Gasteiger charge is 2.50. The van der Waals surface area contributed by atoms with Gasteiger partial charge in [0.1, 0.15) is 5.60 Å². The van der Waals surface area contributed by atoms with E-state index in [4.69, 9.17) is 0 Å². The Morgan fingerprint density at radius 2 is 1.95 bits per heavy atom. The van der Waals surface area contributed by atoms with Gasteiger partial charge < -0.3 is 5.11 Å². The zero-order valence-electron chi connectivity index (χ0n) is 12.2. The second-order valence-corrected chi connectivity index (χ2v) is 6.74. The van der Waals surface area contributed by atoms with Gasteiger partial charge in [-0.2, -0.15) is 0 Å². The van der Waals surface area contributed by atoms with E-state index in [1.807, 2.05) is 30.3 Å². The average molecular weight is 271 g/mol. The Morgan fingerprint density at radius 3 is 2.55 bits per heavy atom. The maximum absolute atomic E-state index is 11.2. The monoisotopic (exact) mass is 271 g/mol. The fourth-order valence-electron chi connectivity index (χ4n) is 3.61. The Balaban J connectivity index is 2.07. The van der Waals surface area contributed by atoms with Crippen LogP contribution in [0.3, 0.4) is 0 Å². The number of nitrogens with zero attached hydrogens (tertiary/aromatic N) is 3. The third kappa shape index (κ3) is 2.04. The highest BCUT2D eigenvalue weighted by Crippen LogP contribution is 2.52. The van der Waals surface area contributed by atoms with E-state index in [0.29, 0.717) is 0 Å². The van der Waals surface area contributed by atoms with Gasteiger partial charge in [-0.1, -0.05) is 44.2 Å². The van der Waals surface area contributed by atoms with Crippen molar-refractivity contribution in [3.05, 3.63) is 42.2 Å². The molecule has 0 aliphatic heterocycles. The smallest absolute Gasteiger partial charge is 0.111 e. The SMILES string of the molecule is CC1CC(C)(C)CC1(O)c1cnnn1-c1ccccc1. The molecule has 1 saturated carbocycles. The molecule has 4 nitrogen and oxygen atoms in total. The number of aromatic nitrogens is 3. The Labute approximate surface area is 119 Å². The van der Waals surface area contributed by atoms with Crippen molar-refractivity contribution in [2.75, 3.05) is 0 Å². The van der Waals surface area contributed by atoms with Gasteiger partial charge in [0, 0.05) is 0 Å². The lowest BCUT2D eigenvalue weighted by atomic mass is 9.87. The summed E-state index contributed by atoms with van der Waals surface area (Å²) in [5.74, 6) is 0.193. The third-order valence-corrected chi connectivity index (χ3v) is 4.42. The minimum atomic E-state index is -0.858. The van der Waals surface area contributed by atoms with Crippen LogP contribution in [0.15, 0.2) is 36.5 Å². The predicted octanol–water partition coefficient (Wildman–Crippen LogP) is 2.91. The van der Waals surface area contributed by atoms with E-state index >= 15 is 0 Å². The van der Waals surface area contributed by atoms with Crippen LogP contribution in [0, 0.1) is 11.3 Å². The van der Waals surface area contributed by atoms with E-state index in [1.165, 1.54) is 0 Å². The van der Waals surface area contributed by atoms with Crippen LogP contribution in [0.5, 0.6) is 0 Å². The number of aliphatic hydroxyl groups is 1. The second-order valence-electron chi connectivity index (χ2n) is 6.74. The fourth-order valence-corrected chi connectivity index (χ4v) is 3.61. The molecule has 0 spiro atoms. The molecule has 1 aliphatic rings. The van der Waals surface area contributed by atoms with Crippen molar-refractivity contribution in [2.24, 2.45) is 11.3 Å². The van der Waals surface area contributed by atoms with Gasteiger partial charge in [-0.05, 0) is 36.3 Å². The lowest BCUT2D eigenvalue weighted by molar-refractivity contribution is -0.00718. The molecule has 2 atom stereocenters. The minimum Gasteiger partial charge on any atom is -0.383 e. The summed E-state index contributed by atoms with van der Waals surface area (Å²) in [6.45, 7) is 6.52. The maximum Gasteiger partial charge on any atom is 0.111 e. The Kier molecular flexibility index (Phi) is 2.94. The van der Waals surface area contributed by atoms with E-state index in [-0.39, 0.29) is 11.3 Å². The van der Waals surface area contributed by atoms with Crippen LogP contribution in [-0.4, -0.2) is 20.1 Å². The van der Waals surface area contributed by atoms with Gasteiger partial charge in [0.2, 0.25) is 0 Å². The number of rotatable bonds is 2. The molecule has 1 aromatic carbocycles. The molecule has 2 unspecified atom stereocenters. The third-order valence-electron chi connectivity index (χ3n) is 4.42. The first-order chi connectivity index (χ1) is 9.42. The summed E-state index contributed by atoms with van der Waals surface area (Å²) in [6.07, 6.45) is 3.44. The van der Waals surface area contributed by atoms with Gasteiger partial charge in [0.15, 0.2) is 0 Å². The summed E-state index contributed by atoms with van der Waals surface area (Å²) in [5.41, 5.74) is 1.01. The highest BCUT2D eigenvalue weighted by molar-refractivity contribution is 5.33. The predicted molar refractivity (Wildman–Crippen MR) is 77.4 cm³/mol. The summed E-state index contributed by atoms with van der Waals surface area (Å²) < 4.78 is 1.76. The second kappa shape index (κ2) is 4.42. The maximum atomic E-state index is 11.2. The molecule has 0 saturated heterocycles. The molecular formula is C16H21N3O. The molecular weight excluding hydrogens is 250 g/mol. The first-order valence-corrected chi connectivity index (χ1v) is 7.11. The largest absolute Gasteiger partial charge is 0.383 e. The van der Waals surface area contributed by atoms with Gasteiger partial charge in [0.05, 0.1) is 17.6 Å². The summed E-state index contributed by atoms with van der Waals surface area (Å²) >= 11 is 0. The summed E-state index contributed by atoms with van der Waals surface area (Å²) in [7, 11) is 0. The lowest BCUT2D eigenvalue weighted by Crippen LogP contribution is -2.32. The number of para-hydroxylation sites is 1. The molecule has 3 rings (SSSR count). The standard InChI is InChI=1S/C16H21N3O/c1-12-9-15(2,3)11-16(12,20)14-10-17-18-19(14)13-7-5-4-6-8-13/h4-8,10,12,20H,9,11H2,1-3H3. The Morgan fingerprint density at radius 1 is 1.25 bits per heavy atom. The van der Waals surface area contributed by atoms with Crippen molar-refractivity contribution in [3.8, 4) is 5.69 Å².